The van der Waals surface area contributed by atoms with Gasteiger partial charge in [0.2, 0.25) is 0 Å². The zero-order chi connectivity index (χ0) is 9.10. The molecule has 14 heavy (non-hydrogen) atoms. The maximum Gasteiger partial charge on any atom is 0 e. The van der Waals surface area contributed by atoms with Crippen LogP contribution >= 0.6 is 0 Å². The van der Waals surface area contributed by atoms with Crippen molar-refractivity contribution in [1.29, 1.82) is 0 Å². The molecule has 0 aromatic heterocycles. The fourth-order valence-electron chi connectivity index (χ4n) is 1.40. The summed E-state index contributed by atoms with van der Waals surface area (Å²) in [5.41, 5.74) is 3.82. The fourth-order valence-corrected chi connectivity index (χ4v) is 1.40. The molecule has 1 heteroatoms. The van der Waals surface area contributed by atoms with Crippen molar-refractivity contribution in [2.45, 2.75) is 6.92 Å². The standard InChI is InChI=1S/C13H11.Ac/c1-11-6-5-9-13(10-11)12-7-3-2-4-8-12;/h3-10H,1H3;/q-1;. The molecule has 0 aliphatic rings. The first kappa shape index (κ1) is 12.0. The molecule has 0 atom stereocenters. The Hall–Kier alpha value is -0.118. The van der Waals surface area contributed by atoms with Crippen LogP contribution in [0.1, 0.15) is 5.56 Å². The van der Waals surface area contributed by atoms with Crippen LogP contribution in [-0.2, 0) is 0 Å². The largest absolute Gasteiger partial charge is 0.184 e. The van der Waals surface area contributed by atoms with Crippen LogP contribution in [-0.4, -0.2) is 0 Å². The molecule has 1 radical (unpaired) electrons. The molecule has 0 amide bonds. The van der Waals surface area contributed by atoms with Crippen molar-refractivity contribution in [1.82, 2.24) is 0 Å². The molecular formula is C13H11Ac-. The van der Waals surface area contributed by atoms with Crippen LogP contribution in [0, 0.1) is 57.1 Å². The topological polar surface area (TPSA) is 0 Å². The number of hydrogen-bond acceptors (Lipinski definition) is 0. The smallest absolute Gasteiger partial charge is 0 e. The first-order valence-corrected chi connectivity index (χ1v) is 4.39. The van der Waals surface area contributed by atoms with Gasteiger partial charge >= 0.3 is 0 Å². The summed E-state index contributed by atoms with van der Waals surface area (Å²) in [4.78, 5) is 0. The van der Waals surface area contributed by atoms with Crippen LogP contribution < -0.4 is 0 Å². The van der Waals surface area contributed by atoms with Crippen LogP contribution in [0.5, 0.6) is 0 Å². The SMILES string of the molecule is Cc1cccc(-c2cc[c-]cc2)c1.[Ac]. The molecule has 0 nitrogen and oxygen atoms in total. The monoisotopic (exact) mass is 394 g/mol. The van der Waals surface area contributed by atoms with Crippen molar-refractivity contribution in [3.8, 4) is 11.1 Å². The molecule has 2 aromatic rings. The van der Waals surface area contributed by atoms with E-state index in [0.29, 0.717) is 0 Å². The Morgan fingerprint density at radius 2 is 1.64 bits per heavy atom. The van der Waals surface area contributed by atoms with E-state index in [1.54, 1.807) is 0 Å². The summed E-state index contributed by atoms with van der Waals surface area (Å²) in [6.07, 6.45) is 0. The molecule has 0 bridgehead atoms. The van der Waals surface area contributed by atoms with Gasteiger partial charge in [-0.15, -0.1) is 5.56 Å². The fraction of sp³-hybridized carbons (Fsp3) is 0.0769. The predicted octanol–water partition coefficient (Wildman–Crippen LogP) is 3.46. The molecule has 0 spiro atoms. The molecule has 2 aromatic carbocycles. The predicted molar refractivity (Wildman–Crippen MR) is 55.5 cm³/mol. The van der Waals surface area contributed by atoms with Crippen molar-refractivity contribution in [3.05, 3.63) is 60.2 Å². The maximum atomic E-state index is 3.02. The van der Waals surface area contributed by atoms with E-state index < -0.39 is 0 Å². The van der Waals surface area contributed by atoms with Gasteiger partial charge in [-0.3, -0.25) is 0 Å². The summed E-state index contributed by atoms with van der Waals surface area (Å²) in [6, 6.07) is 19.6. The minimum absolute atomic E-state index is 0. The van der Waals surface area contributed by atoms with Gasteiger partial charge in [-0.1, -0.05) is 29.8 Å². The van der Waals surface area contributed by atoms with Gasteiger partial charge in [0.05, 0.1) is 0 Å². The van der Waals surface area contributed by atoms with Crippen LogP contribution in [0.4, 0.5) is 0 Å². The molecule has 0 unspecified atom stereocenters. The minimum atomic E-state index is 0. The minimum Gasteiger partial charge on any atom is -0.184 e. The summed E-state index contributed by atoms with van der Waals surface area (Å²) < 4.78 is 0. The van der Waals surface area contributed by atoms with Crippen molar-refractivity contribution in [2.24, 2.45) is 0 Å². The van der Waals surface area contributed by atoms with Crippen molar-refractivity contribution >= 4 is 0 Å². The van der Waals surface area contributed by atoms with E-state index in [0.717, 1.165) is 0 Å². The van der Waals surface area contributed by atoms with E-state index in [4.69, 9.17) is 0 Å². The zero-order valence-corrected chi connectivity index (χ0v) is 12.9. The Morgan fingerprint density at radius 1 is 0.929 bits per heavy atom. The molecule has 0 aliphatic heterocycles. The van der Waals surface area contributed by atoms with Gasteiger partial charge in [0.1, 0.15) is 0 Å². The van der Waals surface area contributed by atoms with E-state index in [-0.39, 0.29) is 44.1 Å². The molecule has 0 heterocycles. The van der Waals surface area contributed by atoms with Crippen LogP contribution in [0.3, 0.4) is 0 Å². The third-order valence-electron chi connectivity index (χ3n) is 2.07. The summed E-state index contributed by atoms with van der Waals surface area (Å²) in [5, 5.41) is 0. The van der Waals surface area contributed by atoms with E-state index in [9.17, 15) is 0 Å². The average molecular weight is 394 g/mol. The molecular weight excluding hydrogens is 383 g/mol. The normalized spacial score (nSPS) is 9.21. The van der Waals surface area contributed by atoms with E-state index in [2.05, 4.69) is 49.4 Å². The molecule has 0 saturated carbocycles. The molecule has 67 valence electrons. The quantitative estimate of drug-likeness (QED) is 0.650. The van der Waals surface area contributed by atoms with Crippen molar-refractivity contribution in [3.63, 3.8) is 0 Å². The average Bonchev–Trinajstić information content (AvgIpc) is 2.19. The maximum absolute atomic E-state index is 3.02. The van der Waals surface area contributed by atoms with E-state index >= 15 is 0 Å². The van der Waals surface area contributed by atoms with Gasteiger partial charge in [-0.05, 0) is 12.5 Å². The van der Waals surface area contributed by atoms with Gasteiger partial charge in [0.25, 0.3) is 0 Å². The van der Waals surface area contributed by atoms with Crippen molar-refractivity contribution < 1.29 is 44.1 Å². The Kier molecular flexibility index (Phi) is 4.86. The molecule has 0 saturated heterocycles. The second-order valence-electron chi connectivity index (χ2n) is 3.16. The Morgan fingerprint density at radius 3 is 2.29 bits per heavy atom. The van der Waals surface area contributed by atoms with Gasteiger partial charge in [-0.25, -0.2) is 0 Å². The third-order valence-corrected chi connectivity index (χ3v) is 2.07. The number of aryl methyl sites for hydroxylation is 1. The van der Waals surface area contributed by atoms with Gasteiger partial charge < -0.3 is 0 Å². The second kappa shape index (κ2) is 5.69. The molecule has 2 rings (SSSR count). The summed E-state index contributed by atoms with van der Waals surface area (Å²) in [5.74, 6) is 0. The van der Waals surface area contributed by atoms with Crippen LogP contribution in [0.25, 0.3) is 11.1 Å². The van der Waals surface area contributed by atoms with Gasteiger partial charge in [0, 0.05) is 44.1 Å². The van der Waals surface area contributed by atoms with Gasteiger partial charge in [0.15, 0.2) is 0 Å². The Balaban J connectivity index is 0.000000980. The molecule has 0 aliphatic carbocycles. The summed E-state index contributed by atoms with van der Waals surface area (Å²) in [6.45, 7) is 2.11. The molecule has 0 fully saturated rings. The van der Waals surface area contributed by atoms with E-state index in [1.165, 1.54) is 16.7 Å². The summed E-state index contributed by atoms with van der Waals surface area (Å²) >= 11 is 0. The first-order chi connectivity index (χ1) is 6.36. The van der Waals surface area contributed by atoms with Crippen LogP contribution in [0.15, 0.2) is 48.5 Å². The number of rotatable bonds is 1. The third kappa shape index (κ3) is 2.94. The van der Waals surface area contributed by atoms with Crippen molar-refractivity contribution in [2.75, 3.05) is 0 Å². The Bertz CT molecular complexity index is 393. The second-order valence-corrected chi connectivity index (χ2v) is 3.16. The Labute approximate surface area is 121 Å². The van der Waals surface area contributed by atoms with E-state index in [1.807, 2.05) is 12.1 Å². The number of benzene rings is 2. The first-order valence-electron chi connectivity index (χ1n) is 4.39. The number of hydrogen-bond donors (Lipinski definition) is 0. The van der Waals surface area contributed by atoms with Crippen LogP contribution in [0.2, 0.25) is 0 Å². The summed E-state index contributed by atoms with van der Waals surface area (Å²) in [7, 11) is 0. The molecule has 0 N–H and O–H groups in total. The van der Waals surface area contributed by atoms with Gasteiger partial charge in [-0.2, -0.15) is 30.3 Å². The zero-order valence-electron chi connectivity index (χ0n) is 8.20.